The maximum absolute atomic E-state index is 13.9. The number of aliphatic hydroxyl groups is 1. The Morgan fingerprint density at radius 3 is 2.29 bits per heavy atom. The number of benzene rings is 1. The molecule has 0 radical (unpaired) electrons. The quantitative estimate of drug-likeness (QED) is 0.777. The topological polar surface area (TPSA) is 44.3 Å². The van der Waals surface area contributed by atoms with Crippen LogP contribution in [0.15, 0.2) is 30.3 Å². The maximum atomic E-state index is 13.9. The molecule has 1 aromatic carbocycles. The highest BCUT2D eigenvalue weighted by Gasteiger charge is 2.74. The van der Waals surface area contributed by atoms with Crippen LogP contribution < -0.4 is 10.6 Å². The highest BCUT2D eigenvalue weighted by Crippen LogP contribution is 2.61. The van der Waals surface area contributed by atoms with Gasteiger partial charge in [0.15, 0.2) is 0 Å². The lowest BCUT2D eigenvalue weighted by Gasteiger charge is -2.60. The highest BCUT2D eigenvalue weighted by molar-refractivity contribution is 5.38. The normalized spacial score (nSPS) is 37.0. The van der Waals surface area contributed by atoms with Crippen molar-refractivity contribution in [3.05, 3.63) is 35.9 Å². The van der Waals surface area contributed by atoms with Crippen molar-refractivity contribution in [2.45, 2.75) is 36.1 Å². The minimum Gasteiger partial charge on any atom is -0.387 e. The van der Waals surface area contributed by atoms with E-state index in [1.165, 1.54) is 12.1 Å². The molecule has 1 heterocycles. The number of hydrogen-bond donors (Lipinski definition) is 3. The lowest BCUT2D eigenvalue weighted by molar-refractivity contribution is -0.294. The standard InChI is InChI=1S/C15H19F3N2O/c16-15(17,18)13(11-4-2-1-3-5-11)6-7-14(13,21)12-10-19-8-9-20-12/h1-5,12,19-21H,6-10H2. The molecule has 21 heavy (non-hydrogen) atoms. The molecule has 3 atom stereocenters. The second-order valence-electron chi connectivity index (χ2n) is 5.90. The Morgan fingerprint density at radius 1 is 1.10 bits per heavy atom. The zero-order chi connectivity index (χ0) is 15.1. The van der Waals surface area contributed by atoms with Gasteiger partial charge in [0.05, 0.1) is 5.60 Å². The third-order valence-corrected chi connectivity index (χ3v) is 4.99. The van der Waals surface area contributed by atoms with Crippen LogP contribution in [0.3, 0.4) is 0 Å². The van der Waals surface area contributed by atoms with Crippen LogP contribution in [0.1, 0.15) is 18.4 Å². The molecule has 3 nitrogen and oxygen atoms in total. The van der Waals surface area contributed by atoms with Gasteiger partial charge in [-0.3, -0.25) is 0 Å². The van der Waals surface area contributed by atoms with Crippen molar-refractivity contribution in [2.75, 3.05) is 19.6 Å². The van der Waals surface area contributed by atoms with E-state index in [1.807, 2.05) is 0 Å². The second kappa shape index (κ2) is 4.97. The van der Waals surface area contributed by atoms with Gasteiger partial charge in [-0.1, -0.05) is 30.3 Å². The molecule has 2 aliphatic rings. The second-order valence-corrected chi connectivity index (χ2v) is 5.90. The molecule has 6 heteroatoms. The van der Waals surface area contributed by atoms with E-state index in [4.69, 9.17) is 0 Å². The van der Waals surface area contributed by atoms with Crippen molar-refractivity contribution >= 4 is 0 Å². The molecule has 3 N–H and O–H groups in total. The molecular formula is C15H19F3N2O. The van der Waals surface area contributed by atoms with Crippen molar-refractivity contribution in [2.24, 2.45) is 0 Å². The van der Waals surface area contributed by atoms with E-state index in [0.717, 1.165) is 0 Å². The Bertz CT molecular complexity index is 501. The predicted molar refractivity (Wildman–Crippen MR) is 73.0 cm³/mol. The van der Waals surface area contributed by atoms with Crippen molar-refractivity contribution in [3.8, 4) is 0 Å². The van der Waals surface area contributed by atoms with E-state index in [2.05, 4.69) is 10.6 Å². The van der Waals surface area contributed by atoms with Crippen molar-refractivity contribution in [1.29, 1.82) is 0 Å². The molecule has 0 bridgehead atoms. The van der Waals surface area contributed by atoms with Crippen molar-refractivity contribution in [1.82, 2.24) is 10.6 Å². The molecule has 1 aliphatic heterocycles. The zero-order valence-corrected chi connectivity index (χ0v) is 11.6. The first-order chi connectivity index (χ1) is 9.92. The van der Waals surface area contributed by atoms with Gasteiger partial charge in [0, 0.05) is 25.7 Å². The third kappa shape index (κ3) is 2.00. The smallest absolute Gasteiger partial charge is 0.387 e. The van der Waals surface area contributed by atoms with Gasteiger partial charge in [0.2, 0.25) is 0 Å². The molecule has 1 saturated heterocycles. The number of nitrogens with one attached hydrogen (secondary N) is 2. The van der Waals surface area contributed by atoms with E-state index in [-0.39, 0.29) is 18.4 Å². The van der Waals surface area contributed by atoms with Gasteiger partial charge in [-0.25, -0.2) is 0 Å². The molecule has 3 unspecified atom stereocenters. The van der Waals surface area contributed by atoms with Crippen LogP contribution in [0.25, 0.3) is 0 Å². The van der Waals surface area contributed by atoms with Crippen molar-refractivity contribution < 1.29 is 18.3 Å². The van der Waals surface area contributed by atoms with Crippen LogP contribution in [-0.2, 0) is 5.41 Å². The van der Waals surface area contributed by atoms with Crippen molar-refractivity contribution in [3.63, 3.8) is 0 Å². The van der Waals surface area contributed by atoms with Gasteiger partial charge in [-0.05, 0) is 18.4 Å². The lowest BCUT2D eigenvalue weighted by Crippen LogP contribution is -2.77. The Kier molecular flexibility index (Phi) is 3.50. The van der Waals surface area contributed by atoms with Crippen LogP contribution in [0, 0.1) is 0 Å². The summed E-state index contributed by atoms with van der Waals surface area (Å²) < 4.78 is 41.7. The molecule has 0 amide bonds. The SMILES string of the molecule is OC1(C2CNCCN2)CCC1(c1ccccc1)C(F)(F)F. The lowest BCUT2D eigenvalue weighted by atomic mass is 9.50. The van der Waals surface area contributed by atoms with E-state index >= 15 is 0 Å². The largest absolute Gasteiger partial charge is 0.401 e. The summed E-state index contributed by atoms with van der Waals surface area (Å²) in [4.78, 5) is 0. The van der Waals surface area contributed by atoms with E-state index in [0.29, 0.717) is 19.6 Å². The maximum Gasteiger partial charge on any atom is 0.401 e. The van der Waals surface area contributed by atoms with Gasteiger partial charge in [-0.2, -0.15) is 13.2 Å². The van der Waals surface area contributed by atoms with E-state index in [1.54, 1.807) is 18.2 Å². The highest BCUT2D eigenvalue weighted by atomic mass is 19.4. The number of rotatable bonds is 2. The Labute approximate surface area is 121 Å². The fourth-order valence-corrected chi connectivity index (χ4v) is 3.76. The molecular weight excluding hydrogens is 281 g/mol. The number of piperazine rings is 1. The van der Waals surface area contributed by atoms with Gasteiger partial charge < -0.3 is 15.7 Å². The average Bonchev–Trinajstić information content (AvgIpc) is 2.46. The summed E-state index contributed by atoms with van der Waals surface area (Å²) in [5.74, 6) is 0. The molecule has 2 fully saturated rings. The van der Waals surface area contributed by atoms with Crippen LogP contribution in [0.2, 0.25) is 0 Å². The Hall–Kier alpha value is -1.11. The summed E-state index contributed by atoms with van der Waals surface area (Å²) in [7, 11) is 0. The summed E-state index contributed by atoms with van der Waals surface area (Å²) in [5, 5.41) is 17.0. The van der Waals surface area contributed by atoms with Crippen LogP contribution in [0.5, 0.6) is 0 Å². The predicted octanol–water partition coefficient (Wildman–Crippen LogP) is 1.57. The summed E-state index contributed by atoms with van der Waals surface area (Å²) in [6, 6.07) is 7.21. The van der Waals surface area contributed by atoms with Gasteiger partial charge in [0.25, 0.3) is 0 Å². The molecule has 0 spiro atoms. The minimum atomic E-state index is -4.49. The number of halogens is 3. The number of hydrogen-bond acceptors (Lipinski definition) is 3. The van der Waals surface area contributed by atoms with E-state index < -0.39 is 23.2 Å². The Balaban J connectivity index is 2.05. The third-order valence-electron chi connectivity index (χ3n) is 4.99. The minimum absolute atomic E-state index is 0.0742. The fraction of sp³-hybridized carbons (Fsp3) is 0.600. The van der Waals surface area contributed by atoms with Gasteiger partial charge in [0.1, 0.15) is 5.41 Å². The molecule has 0 aromatic heterocycles. The molecule has 1 aliphatic carbocycles. The fourth-order valence-electron chi connectivity index (χ4n) is 3.76. The zero-order valence-electron chi connectivity index (χ0n) is 11.6. The molecule has 1 aromatic rings. The molecule has 3 rings (SSSR count). The molecule has 116 valence electrons. The first kappa shape index (κ1) is 14.8. The van der Waals surface area contributed by atoms with Crippen LogP contribution in [-0.4, -0.2) is 42.6 Å². The summed E-state index contributed by atoms with van der Waals surface area (Å²) in [6.07, 6.45) is -4.41. The first-order valence-corrected chi connectivity index (χ1v) is 7.20. The van der Waals surface area contributed by atoms with Crippen LogP contribution in [0.4, 0.5) is 13.2 Å². The average molecular weight is 300 g/mol. The first-order valence-electron chi connectivity index (χ1n) is 7.20. The summed E-state index contributed by atoms with van der Waals surface area (Å²) in [5.41, 5.74) is -3.84. The number of alkyl halides is 3. The monoisotopic (exact) mass is 300 g/mol. The van der Waals surface area contributed by atoms with Gasteiger partial charge >= 0.3 is 6.18 Å². The Morgan fingerprint density at radius 2 is 1.81 bits per heavy atom. The summed E-state index contributed by atoms with van der Waals surface area (Å²) in [6.45, 7) is 1.62. The molecule has 1 saturated carbocycles. The summed E-state index contributed by atoms with van der Waals surface area (Å²) >= 11 is 0. The van der Waals surface area contributed by atoms with Gasteiger partial charge in [-0.15, -0.1) is 0 Å². The van der Waals surface area contributed by atoms with E-state index in [9.17, 15) is 18.3 Å². The van der Waals surface area contributed by atoms with Crippen LogP contribution >= 0.6 is 0 Å².